The van der Waals surface area contributed by atoms with Crippen LogP contribution >= 0.6 is 0 Å². The van der Waals surface area contributed by atoms with Gasteiger partial charge < -0.3 is 9.80 Å². The van der Waals surface area contributed by atoms with Gasteiger partial charge in [0.2, 0.25) is 0 Å². The monoisotopic (exact) mass is 341 g/mol. The zero-order valence-electron chi connectivity index (χ0n) is 15.0. The van der Waals surface area contributed by atoms with Gasteiger partial charge in [-0.25, -0.2) is 0 Å². The van der Waals surface area contributed by atoms with Crippen molar-refractivity contribution in [3.63, 3.8) is 0 Å². The average Bonchev–Trinajstić information content (AvgIpc) is 3.22. The van der Waals surface area contributed by atoms with Gasteiger partial charge >= 0.3 is 0 Å². The number of hydrogen-bond acceptors (Lipinski definition) is 6. The molecule has 134 valence electrons. The zero-order valence-corrected chi connectivity index (χ0v) is 15.0. The van der Waals surface area contributed by atoms with Crippen LogP contribution in [0.2, 0.25) is 0 Å². The Labute approximate surface area is 148 Å². The fraction of sp³-hybridized carbons (Fsp3) is 0.722. The van der Waals surface area contributed by atoms with Gasteiger partial charge in [-0.2, -0.15) is 4.52 Å². The molecule has 0 spiro atoms. The van der Waals surface area contributed by atoms with Crippen molar-refractivity contribution in [2.45, 2.75) is 38.1 Å². The lowest BCUT2D eigenvalue weighted by atomic mass is 10.2. The van der Waals surface area contributed by atoms with Gasteiger partial charge in [0.05, 0.1) is 0 Å². The minimum atomic E-state index is 0.568. The van der Waals surface area contributed by atoms with Crippen molar-refractivity contribution in [2.75, 3.05) is 50.7 Å². The van der Waals surface area contributed by atoms with Crippen LogP contribution in [0.5, 0.6) is 0 Å². The van der Waals surface area contributed by atoms with Crippen LogP contribution in [0.15, 0.2) is 12.1 Å². The van der Waals surface area contributed by atoms with Gasteiger partial charge in [-0.05, 0) is 37.9 Å². The van der Waals surface area contributed by atoms with E-state index < -0.39 is 0 Å². The van der Waals surface area contributed by atoms with Gasteiger partial charge in [0.15, 0.2) is 11.5 Å². The number of hydrogen-bond donors (Lipinski definition) is 0. The summed E-state index contributed by atoms with van der Waals surface area (Å²) >= 11 is 0. The molecule has 0 aromatic carbocycles. The Balaban J connectivity index is 1.30. The Bertz CT molecular complexity index is 745. The number of nitrogens with zero attached hydrogens (tertiary/aromatic N) is 7. The van der Waals surface area contributed by atoms with Crippen molar-refractivity contribution in [2.24, 2.45) is 0 Å². The van der Waals surface area contributed by atoms with E-state index in [2.05, 4.69) is 44.0 Å². The summed E-state index contributed by atoms with van der Waals surface area (Å²) in [7, 11) is 0. The summed E-state index contributed by atoms with van der Waals surface area (Å²) in [6.45, 7) is 10.5. The highest BCUT2D eigenvalue weighted by Gasteiger charge is 2.32. The smallest absolute Gasteiger partial charge is 0.178 e. The van der Waals surface area contributed by atoms with E-state index in [9.17, 15) is 0 Å². The summed E-state index contributed by atoms with van der Waals surface area (Å²) in [5.41, 5.74) is 0.872. The molecule has 2 saturated heterocycles. The van der Waals surface area contributed by atoms with E-state index in [0.717, 1.165) is 30.4 Å². The molecule has 1 saturated carbocycles. The second kappa shape index (κ2) is 6.21. The lowest BCUT2D eigenvalue weighted by Gasteiger charge is -2.37. The third-order valence-corrected chi connectivity index (χ3v) is 6.07. The third kappa shape index (κ3) is 2.89. The van der Waals surface area contributed by atoms with Crippen LogP contribution < -0.4 is 4.90 Å². The van der Waals surface area contributed by atoms with Gasteiger partial charge in [-0.1, -0.05) is 6.92 Å². The fourth-order valence-electron chi connectivity index (χ4n) is 4.25. The van der Waals surface area contributed by atoms with Gasteiger partial charge in [0.1, 0.15) is 5.82 Å². The van der Waals surface area contributed by atoms with E-state index >= 15 is 0 Å². The number of aromatic nitrogens is 4. The molecule has 2 aromatic rings. The minimum absolute atomic E-state index is 0.568. The van der Waals surface area contributed by atoms with Gasteiger partial charge in [0.25, 0.3) is 0 Å². The quantitative estimate of drug-likeness (QED) is 0.833. The predicted molar refractivity (Wildman–Crippen MR) is 97.1 cm³/mol. The normalized spacial score (nSPS) is 26.0. The molecule has 7 heteroatoms. The van der Waals surface area contributed by atoms with Crippen molar-refractivity contribution in [3.05, 3.63) is 18.0 Å². The summed E-state index contributed by atoms with van der Waals surface area (Å²) < 4.78 is 1.97. The molecule has 3 fully saturated rings. The summed E-state index contributed by atoms with van der Waals surface area (Å²) in [4.78, 5) is 7.66. The second-order valence-electron chi connectivity index (χ2n) is 7.65. The van der Waals surface area contributed by atoms with Crippen molar-refractivity contribution in [3.8, 4) is 0 Å². The van der Waals surface area contributed by atoms with Crippen LogP contribution in [0.3, 0.4) is 0 Å². The van der Waals surface area contributed by atoms with Crippen LogP contribution in [0.25, 0.3) is 5.65 Å². The third-order valence-electron chi connectivity index (χ3n) is 6.07. The number of likely N-dealkylation sites (N-methyl/N-ethyl adjacent to an activating group) is 1. The lowest BCUT2D eigenvalue weighted by Crippen LogP contribution is -2.50. The highest BCUT2D eigenvalue weighted by atomic mass is 15.4. The zero-order chi connectivity index (χ0) is 16.8. The topological polar surface area (TPSA) is 52.8 Å². The molecule has 25 heavy (non-hydrogen) atoms. The first-order chi connectivity index (χ1) is 12.3. The summed E-state index contributed by atoms with van der Waals surface area (Å²) in [5, 5.41) is 13.5. The molecule has 4 heterocycles. The Morgan fingerprint density at radius 3 is 2.60 bits per heavy atom. The molecule has 2 aromatic heterocycles. The highest BCUT2D eigenvalue weighted by molar-refractivity contribution is 5.47. The molecule has 1 aliphatic carbocycles. The number of fused-ring (bicyclic) bond motifs is 1. The van der Waals surface area contributed by atoms with Gasteiger partial charge in [0, 0.05) is 51.2 Å². The Kier molecular flexibility index (Phi) is 3.86. The second-order valence-corrected chi connectivity index (χ2v) is 7.65. The van der Waals surface area contributed by atoms with Crippen LogP contribution in [-0.4, -0.2) is 81.5 Å². The first-order valence-corrected chi connectivity index (χ1v) is 9.75. The van der Waals surface area contributed by atoms with Crippen LogP contribution in [0, 0.1) is 0 Å². The van der Waals surface area contributed by atoms with Gasteiger partial charge in [-0.15, -0.1) is 15.3 Å². The first-order valence-electron chi connectivity index (χ1n) is 9.75. The SMILES string of the molecule is CCN1CCN(C2CCN(c3ccc4nnc(C5CC5)n4n3)C2)CC1. The van der Waals surface area contributed by atoms with Crippen molar-refractivity contribution < 1.29 is 0 Å². The van der Waals surface area contributed by atoms with Crippen molar-refractivity contribution in [1.82, 2.24) is 29.6 Å². The molecule has 0 bridgehead atoms. The molecule has 5 rings (SSSR count). The maximum Gasteiger partial charge on any atom is 0.178 e. The molecule has 0 amide bonds. The maximum atomic E-state index is 4.87. The predicted octanol–water partition coefficient (Wildman–Crippen LogP) is 1.22. The summed E-state index contributed by atoms with van der Waals surface area (Å²) in [6.07, 6.45) is 3.69. The van der Waals surface area contributed by atoms with E-state index in [4.69, 9.17) is 5.10 Å². The van der Waals surface area contributed by atoms with Crippen LogP contribution in [-0.2, 0) is 0 Å². The van der Waals surface area contributed by atoms with E-state index in [1.54, 1.807) is 0 Å². The summed E-state index contributed by atoms with van der Waals surface area (Å²) in [6, 6.07) is 4.84. The average molecular weight is 341 g/mol. The number of rotatable bonds is 4. The van der Waals surface area contributed by atoms with E-state index in [1.807, 2.05) is 4.52 Å². The standard InChI is InChI=1S/C18H27N7/c1-2-22-9-11-23(12-10-22)15-7-8-24(13-15)17-6-5-16-19-20-18(14-3-4-14)25(16)21-17/h5-6,14-15H,2-4,7-13H2,1H3. The van der Waals surface area contributed by atoms with E-state index in [-0.39, 0.29) is 0 Å². The Morgan fingerprint density at radius 1 is 1.00 bits per heavy atom. The fourth-order valence-corrected chi connectivity index (χ4v) is 4.25. The van der Waals surface area contributed by atoms with E-state index in [0.29, 0.717) is 12.0 Å². The Hall–Kier alpha value is -1.73. The minimum Gasteiger partial charge on any atom is -0.354 e. The molecule has 3 aliphatic rings. The maximum absolute atomic E-state index is 4.87. The van der Waals surface area contributed by atoms with Gasteiger partial charge in [-0.3, -0.25) is 4.90 Å². The largest absolute Gasteiger partial charge is 0.354 e. The molecule has 0 N–H and O–H groups in total. The molecule has 7 nitrogen and oxygen atoms in total. The van der Waals surface area contributed by atoms with Crippen molar-refractivity contribution >= 4 is 11.5 Å². The van der Waals surface area contributed by atoms with Crippen molar-refractivity contribution in [1.29, 1.82) is 0 Å². The number of anilines is 1. The van der Waals surface area contributed by atoms with Crippen LogP contribution in [0.1, 0.15) is 37.9 Å². The molecular weight excluding hydrogens is 314 g/mol. The summed E-state index contributed by atoms with van der Waals surface area (Å²) in [5.74, 6) is 2.69. The Morgan fingerprint density at radius 2 is 1.84 bits per heavy atom. The molecule has 1 unspecified atom stereocenters. The number of piperazine rings is 1. The molecular formula is C18H27N7. The van der Waals surface area contributed by atoms with E-state index in [1.165, 1.54) is 52.0 Å². The van der Waals surface area contributed by atoms with Crippen LogP contribution in [0.4, 0.5) is 5.82 Å². The highest BCUT2D eigenvalue weighted by Crippen LogP contribution is 2.38. The molecule has 1 atom stereocenters. The molecule has 0 radical (unpaired) electrons. The first kappa shape index (κ1) is 15.5. The molecule has 2 aliphatic heterocycles. The lowest BCUT2D eigenvalue weighted by molar-refractivity contribution is 0.107.